The van der Waals surface area contributed by atoms with Crippen molar-refractivity contribution in [3.05, 3.63) is 47.0 Å². The molecule has 3 saturated carbocycles. The predicted octanol–water partition coefficient (Wildman–Crippen LogP) is 10.3. The van der Waals surface area contributed by atoms with Crippen molar-refractivity contribution in [1.82, 2.24) is 9.80 Å². The summed E-state index contributed by atoms with van der Waals surface area (Å²) < 4.78 is 5.96. The summed E-state index contributed by atoms with van der Waals surface area (Å²) in [5.41, 5.74) is 2.57. The van der Waals surface area contributed by atoms with Gasteiger partial charge in [0.05, 0.1) is 11.1 Å². The van der Waals surface area contributed by atoms with Gasteiger partial charge in [0.15, 0.2) is 0 Å². The summed E-state index contributed by atoms with van der Waals surface area (Å²) in [6.45, 7) is 19.0. The van der Waals surface area contributed by atoms with Crippen LogP contribution in [0.4, 0.5) is 4.79 Å². The first-order valence-corrected chi connectivity index (χ1v) is 19.8. The van der Waals surface area contributed by atoms with Crippen LogP contribution in [0.15, 0.2) is 35.9 Å². The van der Waals surface area contributed by atoms with Gasteiger partial charge in [0, 0.05) is 19.1 Å². The van der Waals surface area contributed by atoms with Gasteiger partial charge in [-0.3, -0.25) is 14.5 Å². The van der Waals surface area contributed by atoms with E-state index in [1.54, 1.807) is 29.8 Å². The van der Waals surface area contributed by atoms with Crippen LogP contribution in [0, 0.1) is 46.3 Å². The molecule has 0 bridgehead atoms. The molecular formula is C43H64N2O4. The zero-order valence-corrected chi connectivity index (χ0v) is 31.9. The Kier molecular flexibility index (Phi) is 10.2. The van der Waals surface area contributed by atoms with Crippen LogP contribution in [0.2, 0.25) is 0 Å². The lowest BCUT2D eigenvalue weighted by Gasteiger charge is -2.59. The molecule has 0 spiro atoms. The minimum Gasteiger partial charge on any atom is -0.444 e. The minimum absolute atomic E-state index is 0.0595. The van der Waals surface area contributed by atoms with Crippen LogP contribution in [-0.2, 0) is 4.74 Å². The Morgan fingerprint density at radius 2 is 1.63 bits per heavy atom. The van der Waals surface area contributed by atoms with Gasteiger partial charge >= 0.3 is 6.09 Å². The Morgan fingerprint density at radius 1 is 0.939 bits per heavy atom. The molecule has 1 aromatic rings. The molecule has 3 fully saturated rings. The molecule has 0 radical (unpaired) electrons. The SMILES string of the molecule is CC(C)CCC[C@@H](C)C1CC[C@H]2[C@H]3CC=C4C[C@@H](N(CCCN5C(=O)c6ccccc6C5=O)C(=O)OC(C)(C)C)CCC4(C)C3CCC12C. The number of benzene rings is 1. The minimum atomic E-state index is -0.599. The average molecular weight is 673 g/mol. The van der Waals surface area contributed by atoms with E-state index in [4.69, 9.17) is 4.74 Å². The van der Waals surface area contributed by atoms with Crippen LogP contribution in [0.1, 0.15) is 153 Å². The molecule has 8 atom stereocenters. The number of fused-ring (bicyclic) bond motifs is 6. The summed E-state index contributed by atoms with van der Waals surface area (Å²) in [5, 5.41) is 0. The molecule has 6 nitrogen and oxygen atoms in total. The van der Waals surface area contributed by atoms with E-state index in [9.17, 15) is 14.4 Å². The highest BCUT2D eigenvalue weighted by atomic mass is 16.6. The zero-order valence-electron chi connectivity index (χ0n) is 31.9. The standard InChI is InChI=1S/C43H64N2O4/c1-28(2)13-11-14-29(3)35-19-20-36-34-18-17-30-27-31(21-23-42(30,7)37(34)22-24-43(35,36)8)44(40(48)49-41(4,5)6)25-12-26-45-38(46)32-15-9-10-16-33(32)39(45)47/h9-10,15-17,28-29,31,34-37H,11-14,18-27H2,1-8H3/t29-,31+,34-,35?,36+,37?,42?,43?/m1/s1. The highest BCUT2D eigenvalue weighted by molar-refractivity contribution is 6.21. The molecule has 6 rings (SSSR count). The average Bonchev–Trinajstić information content (AvgIpc) is 3.51. The number of ether oxygens (including phenoxy) is 1. The third-order valence-electron chi connectivity index (χ3n) is 14.0. The monoisotopic (exact) mass is 672 g/mol. The Hall–Kier alpha value is -2.63. The van der Waals surface area contributed by atoms with Crippen molar-refractivity contribution < 1.29 is 19.1 Å². The van der Waals surface area contributed by atoms with Crippen LogP contribution < -0.4 is 0 Å². The molecule has 4 aliphatic carbocycles. The van der Waals surface area contributed by atoms with Gasteiger partial charge < -0.3 is 9.64 Å². The number of rotatable bonds is 10. The fourth-order valence-electron chi connectivity index (χ4n) is 11.5. The first kappa shape index (κ1) is 36.2. The molecule has 270 valence electrons. The van der Waals surface area contributed by atoms with Gasteiger partial charge in [-0.1, -0.05) is 77.7 Å². The zero-order chi connectivity index (χ0) is 35.3. The normalized spacial score (nSPS) is 33.0. The van der Waals surface area contributed by atoms with E-state index in [1.165, 1.54) is 56.3 Å². The maximum Gasteiger partial charge on any atom is 0.410 e. The van der Waals surface area contributed by atoms with Gasteiger partial charge in [-0.15, -0.1) is 0 Å². The molecule has 4 unspecified atom stereocenters. The molecule has 1 aromatic carbocycles. The first-order chi connectivity index (χ1) is 23.1. The lowest BCUT2D eigenvalue weighted by atomic mass is 9.46. The third-order valence-corrected chi connectivity index (χ3v) is 14.0. The van der Waals surface area contributed by atoms with Gasteiger partial charge in [-0.05, 0) is 137 Å². The second-order valence-corrected chi connectivity index (χ2v) is 18.5. The summed E-state index contributed by atoms with van der Waals surface area (Å²) in [4.78, 5) is 43.0. The lowest BCUT2D eigenvalue weighted by molar-refractivity contribution is -0.0556. The smallest absolute Gasteiger partial charge is 0.410 e. The number of allylic oxidation sites excluding steroid dienone is 1. The molecule has 0 aromatic heterocycles. The fourth-order valence-corrected chi connectivity index (χ4v) is 11.5. The van der Waals surface area contributed by atoms with Gasteiger partial charge in [0.2, 0.25) is 0 Å². The molecule has 1 aliphatic heterocycles. The van der Waals surface area contributed by atoms with Gasteiger partial charge in [0.25, 0.3) is 11.8 Å². The number of nitrogens with zero attached hydrogens (tertiary/aromatic N) is 2. The molecule has 0 saturated heterocycles. The summed E-state index contributed by atoms with van der Waals surface area (Å²) in [7, 11) is 0. The summed E-state index contributed by atoms with van der Waals surface area (Å²) in [6.07, 6.45) is 16.6. The van der Waals surface area contributed by atoms with Crippen LogP contribution >= 0.6 is 0 Å². The number of hydrogen-bond donors (Lipinski definition) is 0. The third kappa shape index (κ3) is 6.88. The van der Waals surface area contributed by atoms with Crippen molar-refractivity contribution in [1.29, 1.82) is 0 Å². The maximum atomic E-state index is 13.7. The summed E-state index contributed by atoms with van der Waals surface area (Å²) in [5.74, 6) is 4.34. The Balaban J connectivity index is 1.14. The molecular weight excluding hydrogens is 608 g/mol. The van der Waals surface area contributed by atoms with Gasteiger partial charge in [0.1, 0.15) is 5.60 Å². The summed E-state index contributed by atoms with van der Waals surface area (Å²) in [6, 6.07) is 7.09. The number of imide groups is 1. The van der Waals surface area contributed by atoms with Gasteiger partial charge in [-0.2, -0.15) is 0 Å². The van der Waals surface area contributed by atoms with Crippen LogP contribution in [-0.4, -0.2) is 52.4 Å². The van der Waals surface area contributed by atoms with Crippen molar-refractivity contribution in [2.24, 2.45) is 46.3 Å². The quantitative estimate of drug-likeness (QED) is 0.183. The fraction of sp³-hybridized carbons (Fsp3) is 0.744. The second-order valence-electron chi connectivity index (χ2n) is 18.5. The van der Waals surface area contributed by atoms with Crippen molar-refractivity contribution in [2.45, 2.75) is 144 Å². The molecule has 0 N–H and O–H groups in total. The Bertz CT molecular complexity index is 1410. The maximum absolute atomic E-state index is 13.7. The topological polar surface area (TPSA) is 66.9 Å². The molecule has 1 heterocycles. The molecule has 5 aliphatic rings. The van der Waals surface area contributed by atoms with Gasteiger partial charge in [-0.25, -0.2) is 4.79 Å². The van der Waals surface area contributed by atoms with E-state index >= 15 is 0 Å². The molecule has 3 amide bonds. The number of amides is 3. The number of carbonyl (C=O) groups excluding carboxylic acids is 3. The van der Waals surface area contributed by atoms with Crippen molar-refractivity contribution in [3.8, 4) is 0 Å². The van der Waals surface area contributed by atoms with Crippen LogP contribution in [0.3, 0.4) is 0 Å². The molecule has 6 heteroatoms. The van der Waals surface area contributed by atoms with Crippen LogP contribution in [0.25, 0.3) is 0 Å². The van der Waals surface area contributed by atoms with Crippen molar-refractivity contribution in [2.75, 3.05) is 13.1 Å². The summed E-state index contributed by atoms with van der Waals surface area (Å²) >= 11 is 0. The van der Waals surface area contributed by atoms with Crippen LogP contribution in [0.5, 0.6) is 0 Å². The van der Waals surface area contributed by atoms with E-state index < -0.39 is 5.60 Å². The highest BCUT2D eigenvalue weighted by Gasteiger charge is 2.59. The number of carbonyl (C=O) groups is 3. The van der Waals surface area contributed by atoms with E-state index in [0.29, 0.717) is 36.1 Å². The van der Waals surface area contributed by atoms with Crippen molar-refractivity contribution in [3.63, 3.8) is 0 Å². The Morgan fingerprint density at radius 3 is 2.29 bits per heavy atom. The second kappa shape index (κ2) is 13.8. The lowest BCUT2D eigenvalue weighted by Crippen LogP contribution is -2.53. The Labute approximate surface area is 296 Å². The largest absolute Gasteiger partial charge is 0.444 e. The van der Waals surface area contributed by atoms with E-state index in [2.05, 4.69) is 40.7 Å². The van der Waals surface area contributed by atoms with E-state index in [1.807, 2.05) is 25.7 Å². The molecule has 49 heavy (non-hydrogen) atoms. The van der Waals surface area contributed by atoms with E-state index in [-0.39, 0.29) is 29.4 Å². The van der Waals surface area contributed by atoms with E-state index in [0.717, 1.165) is 54.8 Å². The van der Waals surface area contributed by atoms with Crippen molar-refractivity contribution >= 4 is 17.9 Å². The highest BCUT2D eigenvalue weighted by Crippen LogP contribution is 2.67. The number of hydrogen-bond acceptors (Lipinski definition) is 4. The first-order valence-electron chi connectivity index (χ1n) is 19.8. The predicted molar refractivity (Wildman–Crippen MR) is 196 cm³/mol.